The predicted octanol–water partition coefficient (Wildman–Crippen LogP) is 2.48. The van der Waals surface area contributed by atoms with Crippen LogP contribution in [0.2, 0.25) is 5.02 Å². The van der Waals surface area contributed by atoms with Crippen molar-refractivity contribution in [2.24, 2.45) is 5.92 Å². The number of carboxylic acids is 1. The van der Waals surface area contributed by atoms with Gasteiger partial charge >= 0.3 is 5.97 Å². The third-order valence-corrected chi connectivity index (χ3v) is 6.71. The summed E-state index contributed by atoms with van der Waals surface area (Å²) in [5.74, 6) is -2.20. The van der Waals surface area contributed by atoms with E-state index in [0.717, 1.165) is 0 Å². The molecule has 11 heteroatoms. The topological polar surface area (TPSA) is 140 Å². The SMILES string of the molecule is Cc1nc(N2CCC(C(=O)NS(=O)(=O)Cc3ccc(Cl)cc3)CC2)c(C#N)cc1C(=O)O. The third-order valence-electron chi connectivity index (χ3n) is 5.24. The summed E-state index contributed by atoms with van der Waals surface area (Å²) in [6.07, 6.45) is 0.739. The zero-order valence-electron chi connectivity index (χ0n) is 17.2. The molecule has 1 aromatic carbocycles. The fourth-order valence-electron chi connectivity index (χ4n) is 3.56. The van der Waals surface area contributed by atoms with Gasteiger partial charge in [-0.15, -0.1) is 0 Å². The van der Waals surface area contributed by atoms with Gasteiger partial charge in [-0.2, -0.15) is 5.26 Å². The number of carbonyl (C=O) groups is 2. The summed E-state index contributed by atoms with van der Waals surface area (Å²) in [5, 5.41) is 19.1. The number of hydrogen-bond donors (Lipinski definition) is 2. The van der Waals surface area contributed by atoms with Gasteiger partial charge in [0.25, 0.3) is 0 Å². The first-order chi connectivity index (χ1) is 15.1. The van der Waals surface area contributed by atoms with Crippen LogP contribution in [0.15, 0.2) is 30.3 Å². The molecule has 1 aromatic heterocycles. The summed E-state index contributed by atoms with van der Waals surface area (Å²) < 4.78 is 26.9. The number of anilines is 1. The first-order valence-electron chi connectivity index (χ1n) is 9.78. The maximum atomic E-state index is 12.5. The maximum absolute atomic E-state index is 12.5. The highest BCUT2D eigenvalue weighted by molar-refractivity contribution is 7.89. The molecule has 1 aliphatic rings. The summed E-state index contributed by atoms with van der Waals surface area (Å²) in [5.41, 5.74) is 0.909. The van der Waals surface area contributed by atoms with Crippen molar-refractivity contribution in [3.8, 4) is 6.07 Å². The molecule has 1 amide bonds. The van der Waals surface area contributed by atoms with Gasteiger partial charge in [-0.3, -0.25) is 9.52 Å². The van der Waals surface area contributed by atoms with Gasteiger partial charge in [0.2, 0.25) is 15.9 Å². The molecule has 2 N–H and O–H groups in total. The number of aromatic carboxylic acids is 1. The van der Waals surface area contributed by atoms with Crippen molar-refractivity contribution in [1.82, 2.24) is 9.71 Å². The van der Waals surface area contributed by atoms with Crippen molar-refractivity contribution in [1.29, 1.82) is 5.26 Å². The number of pyridine rings is 1. The Hall–Kier alpha value is -3.16. The number of halogens is 1. The second-order valence-electron chi connectivity index (χ2n) is 7.52. The van der Waals surface area contributed by atoms with Crippen molar-refractivity contribution in [3.05, 3.63) is 57.7 Å². The summed E-state index contributed by atoms with van der Waals surface area (Å²) in [4.78, 5) is 29.9. The van der Waals surface area contributed by atoms with Crippen molar-refractivity contribution < 1.29 is 23.1 Å². The Bertz CT molecular complexity index is 1180. The van der Waals surface area contributed by atoms with Crippen LogP contribution in [0.1, 0.15) is 40.0 Å². The number of nitrogens with one attached hydrogen (secondary N) is 1. The Balaban J connectivity index is 1.63. The number of nitrogens with zero attached hydrogens (tertiary/aromatic N) is 3. The number of hydrogen-bond acceptors (Lipinski definition) is 7. The number of sulfonamides is 1. The molecule has 0 atom stereocenters. The molecular formula is C21H21ClN4O5S. The largest absolute Gasteiger partial charge is 0.478 e. The lowest BCUT2D eigenvalue weighted by molar-refractivity contribution is -0.123. The lowest BCUT2D eigenvalue weighted by Gasteiger charge is -2.32. The van der Waals surface area contributed by atoms with Gasteiger partial charge in [0.15, 0.2) is 0 Å². The molecule has 0 radical (unpaired) electrons. The monoisotopic (exact) mass is 476 g/mol. The third kappa shape index (κ3) is 5.55. The van der Waals surface area contributed by atoms with Crippen LogP contribution in [0, 0.1) is 24.2 Å². The first-order valence-corrected chi connectivity index (χ1v) is 11.8. The van der Waals surface area contributed by atoms with Crippen molar-refractivity contribution in [3.63, 3.8) is 0 Å². The van der Waals surface area contributed by atoms with Gasteiger partial charge in [0.05, 0.1) is 22.6 Å². The van der Waals surface area contributed by atoms with Gasteiger partial charge in [-0.1, -0.05) is 23.7 Å². The van der Waals surface area contributed by atoms with E-state index in [9.17, 15) is 28.4 Å². The van der Waals surface area contributed by atoms with Crippen molar-refractivity contribution >= 4 is 39.3 Å². The van der Waals surface area contributed by atoms with Crippen LogP contribution >= 0.6 is 11.6 Å². The summed E-state index contributed by atoms with van der Waals surface area (Å²) in [6.45, 7) is 2.31. The highest BCUT2D eigenvalue weighted by Gasteiger charge is 2.29. The Morgan fingerprint density at radius 1 is 1.28 bits per heavy atom. The molecule has 1 saturated heterocycles. The molecule has 9 nitrogen and oxygen atoms in total. The fourth-order valence-corrected chi connectivity index (χ4v) is 4.86. The number of carboxylic acid groups (broad SMARTS) is 1. The van der Waals surface area contributed by atoms with E-state index in [1.165, 1.54) is 6.07 Å². The van der Waals surface area contributed by atoms with E-state index in [-0.39, 0.29) is 16.9 Å². The summed E-state index contributed by atoms with van der Waals surface area (Å²) >= 11 is 5.80. The van der Waals surface area contributed by atoms with E-state index >= 15 is 0 Å². The van der Waals surface area contributed by atoms with Gasteiger partial charge < -0.3 is 10.0 Å². The standard InChI is InChI=1S/C21H21ClN4O5S/c1-13-18(21(28)29)10-16(11-23)19(24-13)26-8-6-15(7-9-26)20(27)25-32(30,31)12-14-2-4-17(22)5-3-14/h2-5,10,15H,6-9,12H2,1H3,(H,25,27)(H,28,29). The number of aromatic nitrogens is 1. The molecule has 1 fully saturated rings. The summed E-state index contributed by atoms with van der Waals surface area (Å²) in [6, 6.07) is 9.60. The normalized spacial score (nSPS) is 14.6. The molecule has 0 bridgehead atoms. The van der Waals surface area contributed by atoms with E-state index in [2.05, 4.69) is 9.71 Å². The number of aryl methyl sites for hydroxylation is 1. The zero-order chi connectivity index (χ0) is 23.5. The van der Waals surface area contributed by atoms with E-state index in [1.54, 1.807) is 31.2 Å². The van der Waals surface area contributed by atoms with Crippen LogP contribution in [-0.4, -0.2) is 43.5 Å². The minimum Gasteiger partial charge on any atom is -0.478 e. The van der Waals surface area contributed by atoms with Crippen LogP contribution in [0.25, 0.3) is 0 Å². The van der Waals surface area contributed by atoms with E-state index < -0.39 is 27.8 Å². The second kappa shape index (κ2) is 9.54. The molecule has 168 valence electrons. The Kier molecular flexibility index (Phi) is 7.01. The molecule has 1 aliphatic heterocycles. The summed E-state index contributed by atoms with van der Waals surface area (Å²) in [7, 11) is -3.86. The van der Waals surface area contributed by atoms with Crippen LogP contribution in [0.4, 0.5) is 5.82 Å². The highest BCUT2D eigenvalue weighted by Crippen LogP contribution is 2.26. The molecule has 0 spiro atoms. The Morgan fingerprint density at radius 2 is 1.91 bits per heavy atom. The van der Waals surface area contributed by atoms with Crippen LogP contribution in [0.5, 0.6) is 0 Å². The number of amides is 1. The quantitative estimate of drug-likeness (QED) is 0.647. The molecule has 0 saturated carbocycles. The lowest BCUT2D eigenvalue weighted by Crippen LogP contribution is -2.43. The molecular weight excluding hydrogens is 456 g/mol. The number of rotatable bonds is 6. The maximum Gasteiger partial charge on any atom is 0.337 e. The van der Waals surface area contributed by atoms with Crippen molar-refractivity contribution in [2.45, 2.75) is 25.5 Å². The van der Waals surface area contributed by atoms with Gasteiger partial charge in [-0.05, 0) is 43.5 Å². The van der Waals surface area contributed by atoms with E-state index in [1.807, 2.05) is 11.0 Å². The first kappa shape index (κ1) is 23.5. The fraction of sp³-hybridized carbons (Fsp3) is 0.333. The van der Waals surface area contributed by atoms with E-state index in [4.69, 9.17) is 11.6 Å². The molecule has 0 unspecified atom stereocenters. The van der Waals surface area contributed by atoms with Crippen molar-refractivity contribution in [2.75, 3.05) is 18.0 Å². The average molecular weight is 477 g/mol. The van der Waals surface area contributed by atoms with Gasteiger partial charge in [0, 0.05) is 24.0 Å². The molecule has 32 heavy (non-hydrogen) atoms. The van der Waals surface area contributed by atoms with Crippen LogP contribution in [0.3, 0.4) is 0 Å². The van der Waals surface area contributed by atoms with Gasteiger partial charge in [0.1, 0.15) is 11.9 Å². The number of benzene rings is 1. The Labute approximate surface area is 190 Å². The van der Waals surface area contributed by atoms with Crippen LogP contribution in [-0.2, 0) is 20.6 Å². The molecule has 3 rings (SSSR count). The Morgan fingerprint density at radius 3 is 2.47 bits per heavy atom. The highest BCUT2D eigenvalue weighted by atomic mass is 35.5. The average Bonchev–Trinajstić information content (AvgIpc) is 2.74. The second-order valence-corrected chi connectivity index (χ2v) is 9.68. The lowest BCUT2D eigenvalue weighted by atomic mass is 9.96. The van der Waals surface area contributed by atoms with Gasteiger partial charge in [-0.25, -0.2) is 18.2 Å². The van der Waals surface area contributed by atoms with Crippen LogP contribution < -0.4 is 9.62 Å². The number of nitriles is 1. The predicted molar refractivity (Wildman–Crippen MR) is 118 cm³/mol. The molecule has 0 aliphatic carbocycles. The number of piperidine rings is 1. The number of carbonyl (C=O) groups excluding carboxylic acids is 1. The smallest absolute Gasteiger partial charge is 0.337 e. The minimum absolute atomic E-state index is 0.0366. The minimum atomic E-state index is -3.86. The van der Waals surface area contributed by atoms with E-state index in [0.29, 0.717) is 48.0 Å². The molecule has 2 heterocycles. The zero-order valence-corrected chi connectivity index (χ0v) is 18.8. The molecule has 2 aromatic rings.